The Labute approximate surface area is 141 Å². The van der Waals surface area contributed by atoms with Gasteiger partial charge in [0, 0.05) is 28.6 Å². The molecule has 3 heterocycles. The average Bonchev–Trinajstić information content (AvgIpc) is 3.13. The molecule has 1 aliphatic rings. The number of anilines is 2. The van der Waals surface area contributed by atoms with Gasteiger partial charge in [0.25, 0.3) is 0 Å². The van der Waals surface area contributed by atoms with E-state index in [1.54, 1.807) is 0 Å². The van der Waals surface area contributed by atoms with Gasteiger partial charge >= 0.3 is 0 Å². The molecule has 0 atom stereocenters. The minimum absolute atomic E-state index is 0.728. The molecule has 5 nitrogen and oxygen atoms in total. The summed E-state index contributed by atoms with van der Waals surface area (Å²) in [6.07, 6.45) is 1.86. The summed E-state index contributed by atoms with van der Waals surface area (Å²) in [5.74, 6) is 0.837. The van der Waals surface area contributed by atoms with Crippen molar-refractivity contribution in [1.82, 2.24) is 10.1 Å². The van der Waals surface area contributed by atoms with Crippen LogP contribution in [0.4, 0.5) is 11.4 Å². The van der Waals surface area contributed by atoms with Crippen LogP contribution in [0.2, 0.25) is 0 Å². The lowest BCUT2D eigenvalue weighted by Crippen LogP contribution is -2.00. The van der Waals surface area contributed by atoms with Crippen LogP contribution in [-0.2, 0) is 0 Å². The molecule has 0 fully saturated rings. The summed E-state index contributed by atoms with van der Waals surface area (Å²) in [7, 11) is 0. The van der Waals surface area contributed by atoms with E-state index in [4.69, 9.17) is 4.52 Å². The molecule has 5 heteroatoms. The van der Waals surface area contributed by atoms with Gasteiger partial charge in [-0.05, 0) is 57.0 Å². The van der Waals surface area contributed by atoms with Gasteiger partial charge in [-0.2, -0.15) is 0 Å². The SMILES string of the molecule is Cc1ccnc(C)c1-c1cc(-c2c(C)noc2C)cc2c1NCN2. The van der Waals surface area contributed by atoms with Crippen LogP contribution in [-0.4, -0.2) is 16.8 Å². The fraction of sp³-hybridized carbons (Fsp3) is 0.263. The fourth-order valence-electron chi connectivity index (χ4n) is 3.54. The van der Waals surface area contributed by atoms with E-state index in [-0.39, 0.29) is 0 Å². The summed E-state index contributed by atoms with van der Waals surface area (Å²) >= 11 is 0. The molecule has 3 aromatic rings. The first-order chi connectivity index (χ1) is 11.6. The van der Waals surface area contributed by atoms with Gasteiger partial charge in [0.05, 0.1) is 23.7 Å². The van der Waals surface area contributed by atoms with Gasteiger partial charge in [-0.1, -0.05) is 5.16 Å². The molecule has 0 aliphatic carbocycles. The number of pyridine rings is 1. The molecule has 1 aliphatic heterocycles. The van der Waals surface area contributed by atoms with E-state index < -0.39 is 0 Å². The van der Waals surface area contributed by atoms with Crippen LogP contribution >= 0.6 is 0 Å². The van der Waals surface area contributed by atoms with Crippen molar-refractivity contribution in [3.05, 3.63) is 47.1 Å². The molecule has 0 radical (unpaired) electrons. The van der Waals surface area contributed by atoms with Crippen LogP contribution in [0, 0.1) is 27.7 Å². The number of fused-ring (bicyclic) bond motifs is 1. The number of aromatic nitrogens is 2. The number of nitrogens with one attached hydrogen (secondary N) is 2. The topological polar surface area (TPSA) is 63.0 Å². The van der Waals surface area contributed by atoms with E-state index in [9.17, 15) is 0 Å². The Morgan fingerprint density at radius 1 is 1.00 bits per heavy atom. The minimum atomic E-state index is 0.728. The Morgan fingerprint density at radius 2 is 1.83 bits per heavy atom. The van der Waals surface area contributed by atoms with Crippen molar-refractivity contribution in [1.29, 1.82) is 0 Å². The predicted octanol–water partition coefficient (Wildman–Crippen LogP) is 4.43. The van der Waals surface area contributed by atoms with Crippen LogP contribution in [0.3, 0.4) is 0 Å². The predicted molar refractivity (Wildman–Crippen MR) is 96.2 cm³/mol. The summed E-state index contributed by atoms with van der Waals surface area (Å²) in [6.45, 7) is 8.84. The molecule has 24 heavy (non-hydrogen) atoms. The Kier molecular flexibility index (Phi) is 3.30. The second-order valence-electron chi connectivity index (χ2n) is 6.26. The first-order valence-electron chi connectivity index (χ1n) is 8.08. The van der Waals surface area contributed by atoms with Crippen LogP contribution in [0.5, 0.6) is 0 Å². The minimum Gasteiger partial charge on any atom is -0.366 e. The molecule has 0 unspecified atom stereocenters. The molecule has 2 N–H and O–H groups in total. The van der Waals surface area contributed by atoms with Gasteiger partial charge in [0.2, 0.25) is 0 Å². The standard InChI is InChI=1S/C19H20N4O/c1-10-5-6-20-11(2)17(10)15-7-14(8-16-19(15)22-9-21-16)18-12(3)23-24-13(18)4/h5-8,21-22H,9H2,1-4H3. The normalized spacial score (nSPS) is 12.7. The maximum Gasteiger partial charge on any atom is 0.141 e. The lowest BCUT2D eigenvalue weighted by Gasteiger charge is -2.15. The summed E-state index contributed by atoms with van der Waals surface area (Å²) in [5, 5.41) is 11.0. The highest BCUT2D eigenvalue weighted by molar-refractivity contribution is 5.95. The maximum absolute atomic E-state index is 5.36. The molecular weight excluding hydrogens is 300 g/mol. The number of nitrogens with zero attached hydrogens (tertiary/aromatic N) is 2. The Morgan fingerprint density at radius 3 is 2.54 bits per heavy atom. The summed E-state index contributed by atoms with van der Waals surface area (Å²) in [4.78, 5) is 4.49. The van der Waals surface area contributed by atoms with Gasteiger partial charge in [-0.25, -0.2) is 0 Å². The molecular formula is C19H20N4O. The average molecular weight is 320 g/mol. The van der Waals surface area contributed by atoms with Crippen molar-refractivity contribution in [2.24, 2.45) is 0 Å². The molecule has 0 spiro atoms. The van der Waals surface area contributed by atoms with Crippen LogP contribution in [0.25, 0.3) is 22.3 Å². The highest BCUT2D eigenvalue weighted by Gasteiger charge is 2.22. The lowest BCUT2D eigenvalue weighted by molar-refractivity contribution is 0.393. The zero-order chi connectivity index (χ0) is 16.8. The van der Waals surface area contributed by atoms with Crippen molar-refractivity contribution in [2.45, 2.75) is 27.7 Å². The van der Waals surface area contributed by atoms with Crippen molar-refractivity contribution in [3.8, 4) is 22.3 Å². The fourth-order valence-corrected chi connectivity index (χ4v) is 3.54. The van der Waals surface area contributed by atoms with E-state index in [1.807, 2.05) is 20.0 Å². The number of rotatable bonds is 2. The zero-order valence-electron chi connectivity index (χ0n) is 14.3. The highest BCUT2D eigenvalue weighted by Crippen LogP contribution is 2.43. The lowest BCUT2D eigenvalue weighted by atomic mass is 9.93. The van der Waals surface area contributed by atoms with Crippen molar-refractivity contribution in [3.63, 3.8) is 0 Å². The summed E-state index contributed by atoms with van der Waals surface area (Å²) in [6, 6.07) is 6.43. The molecule has 2 aromatic heterocycles. The van der Waals surface area contributed by atoms with Gasteiger partial charge in [0.15, 0.2) is 0 Å². The largest absolute Gasteiger partial charge is 0.366 e. The molecule has 0 amide bonds. The van der Waals surface area contributed by atoms with Crippen molar-refractivity contribution < 1.29 is 4.52 Å². The van der Waals surface area contributed by atoms with Gasteiger partial charge in [0.1, 0.15) is 5.76 Å². The quantitative estimate of drug-likeness (QED) is 0.731. The van der Waals surface area contributed by atoms with Crippen molar-refractivity contribution >= 4 is 11.4 Å². The Balaban J connectivity index is 2.02. The molecule has 0 bridgehead atoms. The first kappa shape index (κ1) is 14.8. The van der Waals surface area contributed by atoms with E-state index in [1.165, 1.54) is 11.1 Å². The van der Waals surface area contributed by atoms with Gasteiger partial charge in [-0.3, -0.25) is 4.98 Å². The van der Waals surface area contributed by atoms with Crippen LogP contribution in [0.1, 0.15) is 22.7 Å². The number of aryl methyl sites for hydroxylation is 4. The van der Waals surface area contributed by atoms with E-state index >= 15 is 0 Å². The van der Waals surface area contributed by atoms with E-state index in [2.05, 4.69) is 52.8 Å². The number of hydrogen-bond donors (Lipinski definition) is 2. The number of benzene rings is 1. The van der Waals surface area contributed by atoms with E-state index in [0.29, 0.717) is 0 Å². The second kappa shape index (κ2) is 5.37. The summed E-state index contributed by atoms with van der Waals surface area (Å²) < 4.78 is 5.36. The zero-order valence-corrected chi connectivity index (χ0v) is 14.3. The third kappa shape index (κ3) is 2.16. The van der Waals surface area contributed by atoms with Gasteiger partial charge < -0.3 is 15.2 Å². The van der Waals surface area contributed by atoms with Crippen LogP contribution < -0.4 is 10.6 Å². The third-order valence-electron chi connectivity index (χ3n) is 4.62. The van der Waals surface area contributed by atoms with E-state index in [0.717, 1.165) is 51.9 Å². The third-order valence-corrected chi connectivity index (χ3v) is 4.62. The summed E-state index contributed by atoms with van der Waals surface area (Å²) in [5.41, 5.74) is 9.90. The highest BCUT2D eigenvalue weighted by atomic mass is 16.5. The van der Waals surface area contributed by atoms with Gasteiger partial charge in [-0.15, -0.1) is 0 Å². The molecule has 1 aromatic carbocycles. The maximum atomic E-state index is 5.36. The molecule has 0 saturated carbocycles. The molecule has 122 valence electrons. The second-order valence-corrected chi connectivity index (χ2v) is 6.26. The molecule has 0 saturated heterocycles. The van der Waals surface area contributed by atoms with Crippen LogP contribution in [0.15, 0.2) is 28.9 Å². The monoisotopic (exact) mass is 320 g/mol. The van der Waals surface area contributed by atoms with Crippen molar-refractivity contribution in [2.75, 3.05) is 17.3 Å². The Bertz CT molecular complexity index is 903. The first-order valence-corrected chi connectivity index (χ1v) is 8.08. The Hall–Kier alpha value is -2.82. The smallest absolute Gasteiger partial charge is 0.141 e. The number of hydrogen-bond acceptors (Lipinski definition) is 5. The molecule has 4 rings (SSSR count).